The van der Waals surface area contributed by atoms with Crippen LogP contribution in [0, 0.1) is 0 Å². The first kappa shape index (κ1) is 27.8. The van der Waals surface area contributed by atoms with Crippen LogP contribution in [-0.4, -0.2) is 9.63 Å². The zero-order valence-corrected chi connectivity index (χ0v) is 25.9. The minimum atomic E-state index is 0.220. The average Bonchev–Trinajstić information content (AvgIpc) is 3.05. The summed E-state index contributed by atoms with van der Waals surface area (Å²) in [4.78, 5) is 8.96. The molecule has 0 aromatic heterocycles. The number of thioether (sulfide) groups is 3. The van der Waals surface area contributed by atoms with E-state index in [9.17, 15) is 0 Å². The Morgan fingerprint density at radius 3 is 1.37 bits per heavy atom. The SMILES string of the molecule is c1ccc(N=C(CC(Sc2ccc3ccccc3c2)Sc2ccc3ccccc3c2)Sc2ccc3ccccc3c2)cc1. The topological polar surface area (TPSA) is 12.4 Å². The van der Waals surface area contributed by atoms with Crippen LogP contribution in [0.4, 0.5) is 5.69 Å². The first-order chi connectivity index (χ1) is 21.2. The molecule has 0 spiro atoms. The van der Waals surface area contributed by atoms with E-state index in [4.69, 9.17) is 4.99 Å². The Morgan fingerprint density at radius 2 is 0.860 bits per heavy atom. The van der Waals surface area contributed by atoms with E-state index in [2.05, 4.69) is 152 Å². The van der Waals surface area contributed by atoms with E-state index >= 15 is 0 Å². The minimum absolute atomic E-state index is 0.220. The van der Waals surface area contributed by atoms with Crippen molar-refractivity contribution in [3.8, 4) is 0 Å². The van der Waals surface area contributed by atoms with Gasteiger partial charge in [0.05, 0.1) is 15.3 Å². The molecule has 0 aliphatic rings. The number of hydrogen-bond donors (Lipinski definition) is 0. The molecule has 0 atom stereocenters. The van der Waals surface area contributed by atoms with Crippen LogP contribution < -0.4 is 0 Å². The maximum atomic E-state index is 5.21. The largest absolute Gasteiger partial charge is 0.246 e. The Kier molecular flexibility index (Phi) is 8.51. The Morgan fingerprint density at radius 1 is 0.442 bits per heavy atom. The molecule has 0 radical (unpaired) electrons. The van der Waals surface area contributed by atoms with E-state index < -0.39 is 0 Å². The monoisotopic (exact) mass is 607 g/mol. The number of nitrogens with zero attached hydrogens (tertiary/aromatic N) is 1. The molecule has 7 rings (SSSR count). The summed E-state index contributed by atoms with van der Waals surface area (Å²) in [6.07, 6.45) is 0.821. The highest BCUT2D eigenvalue weighted by atomic mass is 32.2. The molecule has 0 saturated heterocycles. The fourth-order valence-corrected chi connectivity index (χ4v) is 9.00. The van der Waals surface area contributed by atoms with Gasteiger partial charge in [0, 0.05) is 21.1 Å². The quantitative estimate of drug-likeness (QED) is 0.0738. The second-order valence-corrected chi connectivity index (χ2v) is 14.3. The second kappa shape index (κ2) is 13.1. The van der Waals surface area contributed by atoms with Crippen LogP contribution in [-0.2, 0) is 0 Å². The molecule has 208 valence electrons. The zero-order chi connectivity index (χ0) is 28.8. The van der Waals surface area contributed by atoms with E-state index in [0.29, 0.717) is 0 Å². The first-order valence-electron chi connectivity index (χ1n) is 14.4. The standard InChI is InChI=1S/C39H29NS3/c1-2-16-34(17-3-1)40-38(41-35-21-18-28-10-4-7-13-31(28)24-35)27-39(42-36-22-19-29-11-5-8-14-32(29)25-36)43-37-23-20-30-12-6-9-15-33(30)26-37/h1-26,39H,27H2. The maximum Gasteiger partial charge on any atom is 0.0806 e. The highest BCUT2D eigenvalue weighted by Gasteiger charge is 2.18. The molecule has 0 aliphatic heterocycles. The summed E-state index contributed by atoms with van der Waals surface area (Å²) in [6.45, 7) is 0. The van der Waals surface area contributed by atoms with Gasteiger partial charge in [0.1, 0.15) is 0 Å². The van der Waals surface area contributed by atoms with Gasteiger partial charge >= 0.3 is 0 Å². The smallest absolute Gasteiger partial charge is 0.0806 e. The van der Waals surface area contributed by atoms with E-state index in [-0.39, 0.29) is 4.58 Å². The van der Waals surface area contributed by atoms with Crippen LogP contribution in [0.25, 0.3) is 32.3 Å². The van der Waals surface area contributed by atoms with Crippen molar-refractivity contribution in [3.05, 3.63) is 158 Å². The van der Waals surface area contributed by atoms with Crippen molar-refractivity contribution in [1.29, 1.82) is 0 Å². The van der Waals surface area contributed by atoms with Gasteiger partial charge in [-0.1, -0.05) is 121 Å². The molecule has 1 nitrogen and oxygen atoms in total. The summed E-state index contributed by atoms with van der Waals surface area (Å²) >= 11 is 5.63. The van der Waals surface area contributed by atoms with E-state index in [1.54, 1.807) is 11.8 Å². The third kappa shape index (κ3) is 7.00. The van der Waals surface area contributed by atoms with Crippen LogP contribution in [0.15, 0.2) is 177 Å². The number of fused-ring (bicyclic) bond motifs is 3. The van der Waals surface area contributed by atoms with Crippen LogP contribution in [0.3, 0.4) is 0 Å². The third-order valence-electron chi connectivity index (χ3n) is 7.28. The van der Waals surface area contributed by atoms with Crippen molar-refractivity contribution in [2.24, 2.45) is 4.99 Å². The molecular formula is C39H29NS3. The maximum absolute atomic E-state index is 5.21. The summed E-state index contributed by atoms with van der Waals surface area (Å²) in [5.41, 5.74) is 0.982. The summed E-state index contributed by atoms with van der Waals surface area (Å²) in [6, 6.07) is 56.4. The molecule has 0 aliphatic carbocycles. The molecule has 0 fully saturated rings. The van der Waals surface area contributed by atoms with Gasteiger partial charge in [0.2, 0.25) is 0 Å². The second-order valence-electron chi connectivity index (χ2n) is 10.3. The molecule has 0 unspecified atom stereocenters. The lowest BCUT2D eigenvalue weighted by Gasteiger charge is -2.19. The van der Waals surface area contributed by atoms with Crippen LogP contribution in [0.2, 0.25) is 0 Å². The first-order valence-corrected chi connectivity index (χ1v) is 16.9. The third-order valence-corrected chi connectivity index (χ3v) is 10.8. The number of benzene rings is 7. The number of rotatable bonds is 8. The normalized spacial score (nSPS) is 12.0. The highest BCUT2D eigenvalue weighted by Crippen LogP contribution is 2.41. The van der Waals surface area contributed by atoms with Gasteiger partial charge in [-0.2, -0.15) is 0 Å². The van der Waals surface area contributed by atoms with E-state index in [0.717, 1.165) is 17.2 Å². The molecule has 0 heterocycles. The lowest BCUT2D eigenvalue weighted by atomic mass is 10.1. The average molecular weight is 608 g/mol. The fourth-order valence-electron chi connectivity index (χ4n) is 5.16. The molecule has 0 N–H and O–H groups in total. The molecule has 43 heavy (non-hydrogen) atoms. The van der Waals surface area contributed by atoms with Gasteiger partial charge in [-0.05, 0) is 80.8 Å². The van der Waals surface area contributed by atoms with Gasteiger partial charge in [0.15, 0.2) is 0 Å². The zero-order valence-electron chi connectivity index (χ0n) is 23.5. The minimum Gasteiger partial charge on any atom is -0.246 e. The Hall–Kier alpha value is -3.96. The lowest BCUT2D eigenvalue weighted by molar-refractivity contribution is 1.23. The highest BCUT2D eigenvalue weighted by molar-refractivity contribution is 8.17. The number of para-hydroxylation sites is 1. The van der Waals surface area contributed by atoms with Crippen molar-refractivity contribution in [3.63, 3.8) is 0 Å². The van der Waals surface area contributed by atoms with Gasteiger partial charge in [-0.3, -0.25) is 0 Å². The Balaban J connectivity index is 1.24. The van der Waals surface area contributed by atoms with Crippen LogP contribution >= 0.6 is 35.3 Å². The summed E-state index contributed by atoms with van der Waals surface area (Å²) in [7, 11) is 0. The van der Waals surface area contributed by atoms with Crippen molar-refractivity contribution in [1.82, 2.24) is 0 Å². The van der Waals surface area contributed by atoms with Crippen molar-refractivity contribution >= 4 is 78.3 Å². The molecular weight excluding hydrogens is 579 g/mol. The van der Waals surface area contributed by atoms with Gasteiger partial charge in [-0.15, -0.1) is 23.5 Å². The van der Waals surface area contributed by atoms with Gasteiger partial charge in [-0.25, -0.2) is 4.99 Å². The molecule has 0 saturated carbocycles. The molecule has 7 aromatic carbocycles. The predicted octanol–water partition coefficient (Wildman–Crippen LogP) is 12.3. The summed E-state index contributed by atoms with van der Waals surface area (Å²) < 4.78 is 0.220. The number of hydrogen-bond acceptors (Lipinski definition) is 4. The van der Waals surface area contributed by atoms with Crippen molar-refractivity contribution in [2.45, 2.75) is 25.7 Å². The van der Waals surface area contributed by atoms with Crippen LogP contribution in [0.5, 0.6) is 0 Å². The fraction of sp³-hybridized carbons (Fsp3) is 0.0513. The van der Waals surface area contributed by atoms with E-state index in [1.165, 1.54) is 47.0 Å². The van der Waals surface area contributed by atoms with Gasteiger partial charge < -0.3 is 0 Å². The summed E-state index contributed by atoms with van der Waals surface area (Å²) in [5.74, 6) is 0. The molecule has 0 amide bonds. The lowest BCUT2D eigenvalue weighted by Crippen LogP contribution is -2.05. The Labute approximate surface area is 265 Å². The van der Waals surface area contributed by atoms with E-state index in [1.807, 2.05) is 29.6 Å². The van der Waals surface area contributed by atoms with Crippen molar-refractivity contribution < 1.29 is 0 Å². The molecule has 0 bridgehead atoms. The predicted molar refractivity (Wildman–Crippen MR) is 191 cm³/mol. The summed E-state index contributed by atoms with van der Waals surface area (Å²) in [5, 5.41) is 8.68. The Bertz CT molecular complexity index is 1970. The van der Waals surface area contributed by atoms with Crippen molar-refractivity contribution in [2.75, 3.05) is 0 Å². The molecule has 7 aromatic rings. The molecule has 4 heteroatoms. The number of aliphatic imine (C=N–C) groups is 1. The van der Waals surface area contributed by atoms with Crippen LogP contribution in [0.1, 0.15) is 6.42 Å². The van der Waals surface area contributed by atoms with Gasteiger partial charge in [0.25, 0.3) is 0 Å².